The highest BCUT2D eigenvalue weighted by Crippen LogP contribution is 2.23. The predicted molar refractivity (Wildman–Crippen MR) is 75.2 cm³/mol. The van der Waals surface area contributed by atoms with Crippen LogP contribution in [0.25, 0.3) is 0 Å². The van der Waals surface area contributed by atoms with Crippen molar-refractivity contribution in [1.82, 2.24) is 9.97 Å². The zero-order valence-electron chi connectivity index (χ0n) is 9.40. The molecule has 17 heavy (non-hydrogen) atoms. The van der Waals surface area contributed by atoms with E-state index in [1.54, 1.807) is 17.4 Å². The maximum Gasteiger partial charge on any atom is 0.132 e. The molecule has 0 radical (unpaired) electrons. The molecule has 0 amide bonds. The number of halogens is 1. The lowest BCUT2D eigenvalue weighted by molar-refractivity contribution is 0.939. The highest BCUT2D eigenvalue weighted by molar-refractivity contribution is 9.10. The second-order valence-corrected chi connectivity index (χ2v) is 5.35. The number of hydrogen-bond donors (Lipinski definition) is 2. The molecule has 0 aliphatic heterocycles. The molecule has 90 valence electrons. The highest BCUT2D eigenvalue weighted by atomic mass is 79.9. The summed E-state index contributed by atoms with van der Waals surface area (Å²) in [5.74, 6) is 2.04. The van der Waals surface area contributed by atoms with E-state index >= 15 is 0 Å². The van der Waals surface area contributed by atoms with E-state index in [1.807, 2.05) is 18.4 Å². The fourth-order valence-electron chi connectivity index (χ4n) is 1.39. The summed E-state index contributed by atoms with van der Waals surface area (Å²) in [6.07, 6.45) is 0.780. The lowest BCUT2D eigenvalue weighted by Gasteiger charge is -2.07. The minimum absolute atomic E-state index is 0.504. The summed E-state index contributed by atoms with van der Waals surface area (Å²) in [5.41, 5.74) is 5.72. The number of nitrogens with two attached hydrogens (primary N) is 1. The molecule has 2 rings (SSSR count). The van der Waals surface area contributed by atoms with E-state index in [-0.39, 0.29) is 0 Å². The molecule has 4 nitrogen and oxygen atoms in total. The zero-order chi connectivity index (χ0) is 12.3. The molecule has 0 aliphatic rings. The van der Waals surface area contributed by atoms with Crippen LogP contribution in [0.3, 0.4) is 0 Å². The Morgan fingerprint density at radius 1 is 1.47 bits per heavy atom. The van der Waals surface area contributed by atoms with Crippen molar-refractivity contribution >= 4 is 38.9 Å². The van der Waals surface area contributed by atoms with E-state index in [1.165, 1.54) is 4.88 Å². The first kappa shape index (κ1) is 12.3. The molecule has 0 saturated heterocycles. The molecule has 2 aromatic rings. The largest absolute Gasteiger partial charge is 0.384 e. The summed E-state index contributed by atoms with van der Waals surface area (Å²) in [4.78, 5) is 9.74. The van der Waals surface area contributed by atoms with Crippen LogP contribution in [-0.4, -0.2) is 9.97 Å². The summed E-state index contributed by atoms with van der Waals surface area (Å²) in [5, 5.41) is 5.30. The Kier molecular flexibility index (Phi) is 3.96. The van der Waals surface area contributed by atoms with Gasteiger partial charge in [0.05, 0.1) is 6.54 Å². The normalized spacial score (nSPS) is 10.5. The van der Waals surface area contributed by atoms with Crippen LogP contribution in [0.4, 0.5) is 11.6 Å². The van der Waals surface area contributed by atoms with Gasteiger partial charge in [-0.05, 0) is 27.4 Å². The van der Waals surface area contributed by atoms with Gasteiger partial charge in [-0.15, -0.1) is 11.3 Å². The van der Waals surface area contributed by atoms with Crippen molar-refractivity contribution in [3.05, 3.63) is 32.7 Å². The van der Waals surface area contributed by atoms with Gasteiger partial charge in [-0.25, -0.2) is 9.97 Å². The van der Waals surface area contributed by atoms with Gasteiger partial charge < -0.3 is 11.1 Å². The number of hydrogen-bond acceptors (Lipinski definition) is 5. The van der Waals surface area contributed by atoms with Gasteiger partial charge in [0.15, 0.2) is 0 Å². The molecular formula is C11H13BrN4S. The third-order valence-corrected chi connectivity index (χ3v) is 4.16. The van der Waals surface area contributed by atoms with E-state index < -0.39 is 0 Å². The third-order valence-electron chi connectivity index (χ3n) is 2.23. The molecule has 0 saturated carbocycles. The van der Waals surface area contributed by atoms with Gasteiger partial charge in [0.25, 0.3) is 0 Å². The number of nitrogens with one attached hydrogen (secondary N) is 1. The van der Waals surface area contributed by atoms with Gasteiger partial charge in [-0.2, -0.15) is 0 Å². The fraction of sp³-hybridized carbons (Fsp3) is 0.273. The molecule has 0 unspecified atom stereocenters. The molecule has 0 aliphatic carbocycles. The monoisotopic (exact) mass is 312 g/mol. The Balaban J connectivity index is 2.09. The van der Waals surface area contributed by atoms with Crippen LogP contribution in [0.5, 0.6) is 0 Å². The number of aromatic nitrogens is 2. The Morgan fingerprint density at radius 3 is 2.94 bits per heavy atom. The van der Waals surface area contributed by atoms with Crippen LogP contribution in [0, 0.1) is 0 Å². The number of nitrogen functional groups attached to an aromatic ring is 1. The topological polar surface area (TPSA) is 63.8 Å². The average Bonchev–Trinajstić information content (AvgIpc) is 2.71. The van der Waals surface area contributed by atoms with E-state index in [4.69, 9.17) is 5.73 Å². The standard InChI is InChI=1S/C11H13BrN4S/c1-2-10-15-9(13)5-11(16-10)14-6-8-7(12)3-4-17-8/h3-5H,2,6H2,1H3,(H3,13,14,15,16). The summed E-state index contributed by atoms with van der Waals surface area (Å²) < 4.78 is 1.12. The van der Waals surface area contributed by atoms with Gasteiger partial charge in [0, 0.05) is 21.8 Å². The number of rotatable bonds is 4. The maximum atomic E-state index is 5.72. The second kappa shape index (κ2) is 5.46. The molecule has 0 spiro atoms. The Bertz CT molecular complexity index is 512. The summed E-state index contributed by atoms with van der Waals surface area (Å²) >= 11 is 5.19. The summed E-state index contributed by atoms with van der Waals surface area (Å²) in [6, 6.07) is 3.79. The minimum atomic E-state index is 0.504. The van der Waals surface area contributed by atoms with Crippen molar-refractivity contribution in [2.24, 2.45) is 0 Å². The second-order valence-electron chi connectivity index (χ2n) is 3.49. The van der Waals surface area contributed by atoms with E-state index in [2.05, 4.69) is 31.2 Å². The van der Waals surface area contributed by atoms with Crippen LogP contribution in [-0.2, 0) is 13.0 Å². The fourth-order valence-corrected chi connectivity index (χ4v) is 2.82. The van der Waals surface area contributed by atoms with E-state index in [9.17, 15) is 0 Å². The van der Waals surface area contributed by atoms with Gasteiger partial charge in [0.1, 0.15) is 17.5 Å². The van der Waals surface area contributed by atoms with Crippen LogP contribution in [0.1, 0.15) is 17.6 Å². The van der Waals surface area contributed by atoms with Gasteiger partial charge in [0.2, 0.25) is 0 Å². The molecule has 0 atom stereocenters. The molecule has 3 N–H and O–H groups in total. The Hall–Kier alpha value is -1.14. The van der Waals surface area contributed by atoms with Crippen LogP contribution < -0.4 is 11.1 Å². The smallest absolute Gasteiger partial charge is 0.132 e. The lowest BCUT2D eigenvalue weighted by Crippen LogP contribution is -2.05. The van der Waals surface area contributed by atoms with Crippen molar-refractivity contribution in [2.75, 3.05) is 11.1 Å². The third kappa shape index (κ3) is 3.17. The van der Waals surface area contributed by atoms with Crippen molar-refractivity contribution in [2.45, 2.75) is 19.9 Å². The quantitative estimate of drug-likeness (QED) is 0.910. The number of aryl methyl sites for hydroxylation is 1. The Labute approximate surface area is 112 Å². The Morgan fingerprint density at radius 2 is 2.29 bits per heavy atom. The van der Waals surface area contributed by atoms with Crippen LogP contribution >= 0.6 is 27.3 Å². The number of anilines is 2. The molecule has 0 aromatic carbocycles. The van der Waals surface area contributed by atoms with Crippen molar-refractivity contribution in [3.8, 4) is 0 Å². The first-order chi connectivity index (χ1) is 8.19. The average molecular weight is 313 g/mol. The van der Waals surface area contributed by atoms with E-state index in [0.29, 0.717) is 5.82 Å². The van der Waals surface area contributed by atoms with Gasteiger partial charge in [-0.3, -0.25) is 0 Å². The summed E-state index contributed by atoms with van der Waals surface area (Å²) in [7, 11) is 0. The first-order valence-corrected chi connectivity index (χ1v) is 6.95. The van der Waals surface area contributed by atoms with Crippen molar-refractivity contribution in [3.63, 3.8) is 0 Å². The number of thiophene rings is 1. The molecular weight excluding hydrogens is 300 g/mol. The molecule has 2 heterocycles. The van der Waals surface area contributed by atoms with Crippen molar-refractivity contribution in [1.29, 1.82) is 0 Å². The highest BCUT2D eigenvalue weighted by Gasteiger charge is 2.04. The SMILES string of the molecule is CCc1nc(N)cc(NCc2sccc2Br)n1. The zero-order valence-corrected chi connectivity index (χ0v) is 11.8. The molecule has 2 aromatic heterocycles. The van der Waals surface area contributed by atoms with Gasteiger partial charge in [-0.1, -0.05) is 6.92 Å². The first-order valence-electron chi connectivity index (χ1n) is 5.28. The molecule has 0 bridgehead atoms. The maximum absolute atomic E-state index is 5.72. The van der Waals surface area contributed by atoms with E-state index in [0.717, 1.165) is 29.1 Å². The summed E-state index contributed by atoms with van der Waals surface area (Å²) in [6.45, 7) is 2.74. The van der Waals surface area contributed by atoms with Crippen LogP contribution in [0.15, 0.2) is 22.0 Å². The lowest BCUT2D eigenvalue weighted by atomic mass is 10.4. The number of nitrogens with zero attached hydrogens (tertiary/aromatic N) is 2. The minimum Gasteiger partial charge on any atom is -0.384 e. The molecule has 0 fully saturated rings. The van der Waals surface area contributed by atoms with Crippen molar-refractivity contribution < 1.29 is 0 Å². The predicted octanol–water partition coefficient (Wildman–Crippen LogP) is 3.06. The van der Waals surface area contributed by atoms with Gasteiger partial charge >= 0.3 is 0 Å². The van der Waals surface area contributed by atoms with Crippen LogP contribution in [0.2, 0.25) is 0 Å². The molecule has 6 heteroatoms.